The summed E-state index contributed by atoms with van der Waals surface area (Å²) in [5.41, 5.74) is 0.201. The molecule has 0 aliphatic heterocycles. The van der Waals surface area contributed by atoms with E-state index in [4.69, 9.17) is 10.2 Å². The van der Waals surface area contributed by atoms with Crippen molar-refractivity contribution in [1.29, 1.82) is 0 Å². The third-order valence-electron chi connectivity index (χ3n) is 1.31. The van der Waals surface area contributed by atoms with E-state index in [0.29, 0.717) is 0 Å². The van der Waals surface area contributed by atoms with Gasteiger partial charge >= 0.3 is 5.97 Å². The van der Waals surface area contributed by atoms with Gasteiger partial charge in [-0.1, -0.05) is 6.58 Å². The Morgan fingerprint density at radius 1 is 1.62 bits per heavy atom. The summed E-state index contributed by atoms with van der Waals surface area (Å²) in [7, 11) is 1.26. The molecular weight excluding hydrogens is 176 g/mol. The smallest absolute Gasteiger partial charge is 0.335 e. The van der Waals surface area contributed by atoms with E-state index in [-0.39, 0.29) is 5.57 Å². The van der Waals surface area contributed by atoms with Gasteiger partial charge in [-0.3, -0.25) is 0 Å². The van der Waals surface area contributed by atoms with Gasteiger partial charge < -0.3 is 19.7 Å². The highest BCUT2D eigenvalue weighted by molar-refractivity contribution is 5.87. The first-order valence-corrected chi connectivity index (χ1v) is 3.71. The fourth-order valence-corrected chi connectivity index (χ4v) is 0.576. The van der Waals surface area contributed by atoms with Gasteiger partial charge in [-0.25, -0.2) is 4.79 Å². The normalized spacial score (nSPS) is 14.8. The molecular formula is C8H14O5. The lowest BCUT2D eigenvalue weighted by Gasteiger charge is -2.19. The van der Waals surface area contributed by atoms with Gasteiger partial charge in [0, 0.05) is 12.7 Å². The molecule has 2 unspecified atom stereocenters. The van der Waals surface area contributed by atoms with Crippen LogP contribution in [0.25, 0.3) is 0 Å². The number of aliphatic hydroxyl groups is 2. The van der Waals surface area contributed by atoms with Gasteiger partial charge in [0.1, 0.15) is 6.10 Å². The van der Waals surface area contributed by atoms with Crippen molar-refractivity contribution in [1.82, 2.24) is 0 Å². The van der Waals surface area contributed by atoms with Crippen molar-refractivity contribution in [2.75, 3.05) is 13.7 Å². The molecule has 0 spiro atoms. The molecule has 5 heteroatoms. The summed E-state index contributed by atoms with van der Waals surface area (Å²) in [5.74, 6) is -0.667. The predicted octanol–water partition coefficient (Wildman–Crippen LogP) is -0.569. The second-order valence-corrected chi connectivity index (χ2v) is 2.54. The van der Waals surface area contributed by atoms with Gasteiger partial charge in [0.05, 0.1) is 6.61 Å². The Morgan fingerprint density at radius 3 is 2.46 bits per heavy atom. The first-order chi connectivity index (χ1) is 6.02. The molecule has 5 nitrogen and oxygen atoms in total. The summed E-state index contributed by atoms with van der Waals surface area (Å²) in [6.45, 7) is 4.29. The van der Waals surface area contributed by atoms with Crippen LogP contribution in [0.1, 0.15) is 6.92 Å². The zero-order valence-corrected chi connectivity index (χ0v) is 7.69. The maximum Gasteiger partial charge on any atom is 0.335 e. The number of aliphatic hydroxyl groups excluding tert-OH is 2. The number of hydrogen-bond donors (Lipinski definition) is 2. The minimum absolute atomic E-state index is 0.201. The van der Waals surface area contributed by atoms with E-state index in [0.717, 1.165) is 0 Å². The Labute approximate surface area is 76.6 Å². The molecule has 0 rings (SSSR count). The molecule has 2 atom stereocenters. The van der Waals surface area contributed by atoms with Crippen LogP contribution in [0.4, 0.5) is 0 Å². The van der Waals surface area contributed by atoms with Crippen molar-refractivity contribution in [2.24, 2.45) is 0 Å². The van der Waals surface area contributed by atoms with E-state index in [2.05, 4.69) is 16.1 Å². The van der Waals surface area contributed by atoms with Crippen LogP contribution < -0.4 is 0 Å². The van der Waals surface area contributed by atoms with Crippen molar-refractivity contribution in [3.63, 3.8) is 0 Å². The largest absolute Gasteiger partial charge is 0.429 e. The van der Waals surface area contributed by atoms with Gasteiger partial charge in [-0.05, 0) is 6.92 Å². The Kier molecular flexibility index (Phi) is 5.29. The van der Waals surface area contributed by atoms with E-state index in [1.165, 1.54) is 14.0 Å². The lowest BCUT2D eigenvalue weighted by Crippen LogP contribution is -2.35. The third kappa shape index (κ3) is 4.02. The number of methoxy groups -OCH3 is 1. The van der Waals surface area contributed by atoms with Gasteiger partial charge in [0.15, 0.2) is 0 Å². The SMILES string of the molecule is C=C(C)C(=O)OC(OC)C(O)CO. The molecule has 0 aromatic heterocycles. The van der Waals surface area contributed by atoms with Crippen LogP contribution >= 0.6 is 0 Å². The number of hydrogen-bond acceptors (Lipinski definition) is 5. The van der Waals surface area contributed by atoms with Crippen LogP contribution in [0.3, 0.4) is 0 Å². The summed E-state index contributed by atoms with van der Waals surface area (Å²) in [4.78, 5) is 10.9. The van der Waals surface area contributed by atoms with E-state index < -0.39 is 25.0 Å². The van der Waals surface area contributed by atoms with E-state index in [1.807, 2.05) is 0 Å². The number of carbonyl (C=O) groups is 1. The van der Waals surface area contributed by atoms with Crippen molar-refractivity contribution >= 4 is 5.97 Å². The zero-order valence-electron chi connectivity index (χ0n) is 7.69. The van der Waals surface area contributed by atoms with Gasteiger partial charge in [0.25, 0.3) is 0 Å². The lowest BCUT2D eigenvalue weighted by molar-refractivity contribution is -0.195. The van der Waals surface area contributed by atoms with Crippen molar-refractivity contribution in [3.05, 3.63) is 12.2 Å². The topological polar surface area (TPSA) is 76.0 Å². The fraction of sp³-hybridized carbons (Fsp3) is 0.625. The van der Waals surface area contributed by atoms with Crippen LogP contribution in [-0.2, 0) is 14.3 Å². The quantitative estimate of drug-likeness (QED) is 0.345. The number of ether oxygens (including phenoxy) is 2. The highest BCUT2D eigenvalue weighted by Crippen LogP contribution is 2.03. The van der Waals surface area contributed by atoms with Crippen LogP contribution in [0, 0.1) is 0 Å². The molecule has 0 aliphatic rings. The van der Waals surface area contributed by atoms with Crippen molar-refractivity contribution in [2.45, 2.75) is 19.3 Å². The van der Waals surface area contributed by atoms with E-state index in [9.17, 15) is 4.79 Å². The fourth-order valence-electron chi connectivity index (χ4n) is 0.576. The van der Waals surface area contributed by atoms with E-state index >= 15 is 0 Å². The molecule has 0 amide bonds. The van der Waals surface area contributed by atoms with Gasteiger partial charge in [-0.2, -0.15) is 0 Å². The Hall–Kier alpha value is -0.910. The van der Waals surface area contributed by atoms with Crippen LogP contribution in [0.5, 0.6) is 0 Å². The predicted molar refractivity (Wildman–Crippen MR) is 44.8 cm³/mol. The minimum Gasteiger partial charge on any atom is -0.429 e. The monoisotopic (exact) mass is 190 g/mol. The molecule has 0 saturated heterocycles. The molecule has 0 aromatic rings. The minimum atomic E-state index is -1.24. The average molecular weight is 190 g/mol. The molecule has 0 aliphatic carbocycles. The second kappa shape index (κ2) is 5.69. The summed E-state index contributed by atoms with van der Waals surface area (Å²) >= 11 is 0. The number of rotatable bonds is 5. The Bertz CT molecular complexity index is 189. The molecule has 76 valence electrons. The molecule has 0 radical (unpaired) electrons. The number of carbonyl (C=O) groups excluding carboxylic acids is 1. The van der Waals surface area contributed by atoms with Gasteiger partial charge in [0.2, 0.25) is 6.29 Å². The van der Waals surface area contributed by atoms with Crippen molar-refractivity contribution < 1.29 is 24.5 Å². The standard InChI is InChI=1S/C8H14O5/c1-5(2)7(11)13-8(12-3)6(10)4-9/h6,8-10H,1,4H2,2-3H3. The maximum absolute atomic E-state index is 10.9. The lowest BCUT2D eigenvalue weighted by atomic mass is 10.3. The van der Waals surface area contributed by atoms with E-state index in [1.54, 1.807) is 0 Å². The van der Waals surface area contributed by atoms with Crippen LogP contribution in [0.15, 0.2) is 12.2 Å². The Morgan fingerprint density at radius 2 is 2.15 bits per heavy atom. The van der Waals surface area contributed by atoms with Crippen molar-refractivity contribution in [3.8, 4) is 0 Å². The highest BCUT2D eigenvalue weighted by atomic mass is 16.7. The molecule has 0 fully saturated rings. The molecule has 2 N–H and O–H groups in total. The summed E-state index contributed by atoms with van der Waals surface area (Å²) in [6, 6.07) is 0. The number of esters is 1. The summed E-state index contributed by atoms with van der Waals surface area (Å²) in [6.07, 6.45) is -2.40. The average Bonchev–Trinajstić information content (AvgIpc) is 2.12. The van der Waals surface area contributed by atoms with Gasteiger partial charge in [-0.15, -0.1) is 0 Å². The van der Waals surface area contributed by atoms with Crippen LogP contribution in [0.2, 0.25) is 0 Å². The molecule has 0 bridgehead atoms. The second-order valence-electron chi connectivity index (χ2n) is 2.54. The molecule has 13 heavy (non-hydrogen) atoms. The molecule has 0 heterocycles. The highest BCUT2D eigenvalue weighted by Gasteiger charge is 2.22. The zero-order chi connectivity index (χ0) is 10.4. The first-order valence-electron chi connectivity index (χ1n) is 3.71. The molecule has 0 aromatic carbocycles. The maximum atomic E-state index is 10.9. The van der Waals surface area contributed by atoms with Crippen LogP contribution in [-0.4, -0.2) is 42.3 Å². The Balaban J connectivity index is 4.12. The first kappa shape index (κ1) is 12.1. The molecule has 0 saturated carbocycles. The third-order valence-corrected chi connectivity index (χ3v) is 1.31. The summed E-state index contributed by atoms with van der Waals surface area (Å²) in [5, 5.41) is 17.6. The summed E-state index contributed by atoms with van der Waals surface area (Å²) < 4.78 is 9.27.